The number of nitriles is 1. The summed E-state index contributed by atoms with van der Waals surface area (Å²) in [4.78, 5) is 8.67. The molecular formula is C13H14N4S. The van der Waals surface area contributed by atoms with Gasteiger partial charge in [0.05, 0.1) is 5.69 Å². The van der Waals surface area contributed by atoms with Crippen molar-refractivity contribution in [3.05, 3.63) is 35.0 Å². The first-order valence-corrected chi connectivity index (χ1v) is 6.47. The van der Waals surface area contributed by atoms with Crippen LogP contribution in [0.25, 0.3) is 0 Å². The van der Waals surface area contributed by atoms with Crippen LogP contribution in [0, 0.1) is 11.3 Å². The fraction of sp³-hybridized carbons (Fsp3) is 0.308. The van der Waals surface area contributed by atoms with Gasteiger partial charge in [0.1, 0.15) is 17.6 Å². The zero-order valence-corrected chi connectivity index (χ0v) is 11.4. The maximum atomic E-state index is 8.79. The van der Waals surface area contributed by atoms with Crippen LogP contribution in [0.5, 0.6) is 0 Å². The Morgan fingerprint density at radius 1 is 1.28 bits per heavy atom. The van der Waals surface area contributed by atoms with Crippen LogP contribution in [0.3, 0.4) is 0 Å². The van der Waals surface area contributed by atoms with Gasteiger partial charge >= 0.3 is 0 Å². The number of hydrogen-bond donors (Lipinski definition) is 1. The predicted molar refractivity (Wildman–Crippen MR) is 73.0 cm³/mol. The van der Waals surface area contributed by atoms with Gasteiger partial charge in [0, 0.05) is 10.8 Å². The SMILES string of the molecule is CC(C)(C)c1csc(Nc2cccc(C#N)n2)n1. The molecule has 92 valence electrons. The van der Waals surface area contributed by atoms with E-state index in [9.17, 15) is 0 Å². The average Bonchev–Trinajstić information content (AvgIpc) is 2.77. The summed E-state index contributed by atoms with van der Waals surface area (Å²) in [5.41, 5.74) is 1.48. The molecule has 0 radical (unpaired) electrons. The molecule has 0 atom stereocenters. The Balaban J connectivity index is 2.19. The van der Waals surface area contributed by atoms with Crippen molar-refractivity contribution in [1.29, 1.82) is 5.26 Å². The number of hydrogen-bond acceptors (Lipinski definition) is 5. The summed E-state index contributed by atoms with van der Waals surface area (Å²) in [5.74, 6) is 0.642. The molecule has 18 heavy (non-hydrogen) atoms. The molecule has 0 fully saturated rings. The minimum atomic E-state index is 0.0400. The number of nitrogens with one attached hydrogen (secondary N) is 1. The lowest BCUT2D eigenvalue weighted by atomic mass is 9.93. The number of thiazole rings is 1. The average molecular weight is 258 g/mol. The largest absolute Gasteiger partial charge is 0.316 e. The third-order valence-electron chi connectivity index (χ3n) is 2.37. The molecular weight excluding hydrogens is 244 g/mol. The molecule has 2 heterocycles. The van der Waals surface area contributed by atoms with Crippen molar-refractivity contribution >= 4 is 22.3 Å². The summed E-state index contributed by atoms with van der Waals surface area (Å²) in [6, 6.07) is 7.30. The minimum absolute atomic E-state index is 0.0400. The molecule has 0 saturated carbocycles. The first-order valence-electron chi connectivity index (χ1n) is 5.59. The predicted octanol–water partition coefficient (Wildman–Crippen LogP) is 3.45. The molecule has 0 saturated heterocycles. The van der Waals surface area contributed by atoms with E-state index in [2.05, 4.69) is 36.1 Å². The highest BCUT2D eigenvalue weighted by Crippen LogP contribution is 2.27. The molecule has 2 aromatic heterocycles. The van der Waals surface area contributed by atoms with Crippen LogP contribution in [-0.2, 0) is 5.41 Å². The van der Waals surface area contributed by atoms with Crippen molar-refractivity contribution in [2.45, 2.75) is 26.2 Å². The lowest BCUT2D eigenvalue weighted by Crippen LogP contribution is -2.11. The number of nitrogens with zero attached hydrogens (tertiary/aromatic N) is 3. The molecule has 4 nitrogen and oxygen atoms in total. The van der Waals surface area contributed by atoms with E-state index in [4.69, 9.17) is 5.26 Å². The Bertz CT molecular complexity index is 590. The summed E-state index contributed by atoms with van der Waals surface area (Å²) in [7, 11) is 0. The van der Waals surface area contributed by atoms with Crippen LogP contribution in [0.4, 0.5) is 10.9 Å². The maximum absolute atomic E-state index is 8.79. The van der Waals surface area contributed by atoms with Gasteiger partial charge in [-0.25, -0.2) is 9.97 Å². The molecule has 0 bridgehead atoms. The van der Waals surface area contributed by atoms with Gasteiger partial charge in [-0.1, -0.05) is 26.8 Å². The molecule has 0 aliphatic rings. The second-order valence-corrected chi connectivity index (χ2v) is 5.79. The lowest BCUT2D eigenvalue weighted by molar-refractivity contribution is 0.573. The summed E-state index contributed by atoms with van der Waals surface area (Å²) < 4.78 is 0. The normalized spacial score (nSPS) is 11.0. The molecule has 2 rings (SSSR count). The molecule has 5 heteroatoms. The molecule has 0 unspecified atom stereocenters. The van der Waals surface area contributed by atoms with E-state index in [0.717, 1.165) is 10.8 Å². The van der Waals surface area contributed by atoms with Gasteiger partial charge in [-0.05, 0) is 12.1 Å². The number of rotatable bonds is 2. The summed E-state index contributed by atoms with van der Waals surface area (Å²) in [5, 5.41) is 14.7. The van der Waals surface area contributed by atoms with Crippen LogP contribution in [0.1, 0.15) is 32.2 Å². The smallest absolute Gasteiger partial charge is 0.188 e. The highest BCUT2D eigenvalue weighted by molar-refractivity contribution is 7.13. The Morgan fingerprint density at radius 3 is 2.67 bits per heavy atom. The van der Waals surface area contributed by atoms with Crippen LogP contribution >= 0.6 is 11.3 Å². The van der Waals surface area contributed by atoms with Crippen LogP contribution < -0.4 is 5.32 Å². The van der Waals surface area contributed by atoms with Crippen molar-refractivity contribution < 1.29 is 0 Å². The summed E-state index contributed by atoms with van der Waals surface area (Å²) in [6.45, 7) is 6.38. The third-order valence-corrected chi connectivity index (χ3v) is 3.13. The maximum Gasteiger partial charge on any atom is 0.188 e. The van der Waals surface area contributed by atoms with Crippen molar-refractivity contribution in [3.8, 4) is 6.07 Å². The van der Waals surface area contributed by atoms with Gasteiger partial charge in [-0.15, -0.1) is 11.3 Å². The molecule has 0 spiro atoms. The van der Waals surface area contributed by atoms with Crippen LogP contribution in [0.15, 0.2) is 23.6 Å². The Kier molecular flexibility index (Phi) is 3.30. The standard InChI is InChI=1S/C13H14N4S/c1-13(2,3)10-8-18-12(16-10)17-11-6-4-5-9(7-14)15-11/h4-6,8H,1-3H3,(H,15,16,17). The van der Waals surface area contributed by atoms with Gasteiger partial charge in [-0.3, -0.25) is 0 Å². The van der Waals surface area contributed by atoms with Crippen LogP contribution in [-0.4, -0.2) is 9.97 Å². The van der Waals surface area contributed by atoms with E-state index in [1.165, 1.54) is 11.3 Å². The Labute approximate surface area is 110 Å². The van der Waals surface area contributed by atoms with E-state index in [0.29, 0.717) is 11.5 Å². The molecule has 0 aromatic carbocycles. The van der Waals surface area contributed by atoms with Gasteiger partial charge in [-0.2, -0.15) is 5.26 Å². The fourth-order valence-corrected chi connectivity index (χ4v) is 2.30. The first kappa shape index (κ1) is 12.5. The Hall–Kier alpha value is -1.93. The number of anilines is 2. The highest BCUT2D eigenvalue weighted by Gasteiger charge is 2.17. The lowest BCUT2D eigenvalue weighted by Gasteiger charge is -2.14. The molecule has 2 aromatic rings. The molecule has 0 amide bonds. The van der Waals surface area contributed by atoms with Crippen molar-refractivity contribution in [3.63, 3.8) is 0 Å². The zero-order valence-electron chi connectivity index (χ0n) is 10.6. The number of aromatic nitrogens is 2. The van der Waals surface area contributed by atoms with E-state index >= 15 is 0 Å². The Morgan fingerprint density at radius 2 is 2.06 bits per heavy atom. The monoisotopic (exact) mass is 258 g/mol. The molecule has 0 aliphatic heterocycles. The first-order chi connectivity index (χ1) is 8.49. The summed E-state index contributed by atoms with van der Waals surface area (Å²) in [6.07, 6.45) is 0. The zero-order chi connectivity index (χ0) is 13.2. The second-order valence-electron chi connectivity index (χ2n) is 4.93. The van der Waals surface area contributed by atoms with Gasteiger partial charge in [0.2, 0.25) is 0 Å². The summed E-state index contributed by atoms with van der Waals surface area (Å²) >= 11 is 1.54. The van der Waals surface area contributed by atoms with E-state index in [1.54, 1.807) is 12.1 Å². The topological polar surface area (TPSA) is 61.6 Å². The van der Waals surface area contributed by atoms with Gasteiger partial charge in [0.15, 0.2) is 5.13 Å². The van der Waals surface area contributed by atoms with Crippen LogP contribution in [0.2, 0.25) is 0 Å². The van der Waals surface area contributed by atoms with Gasteiger partial charge < -0.3 is 5.32 Å². The quantitative estimate of drug-likeness (QED) is 0.896. The number of pyridine rings is 1. The van der Waals surface area contributed by atoms with Crippen molar-refractivity contribution in [2.75, 3.05) is 5.32 Å². The third kappa shape index (κ3) is 2.84. The van der Waals surface area contributed by atoms with E-state index < -0.39 is 0 Å². The fourth-order valence-electron chi connectivity index (χ4n) is 1.35. The van der Waals surface area contributed by atoms with Gasteiger partial charge in [0.25, 0.3) is 0 Å². The van der Waals surface area contributed by atoms with Crippen molar-refractivity contribution in [1.82, 2.24) is 9.97 Å². The van der Waals surface area contributed by atoms with E-state index in [-0.39, 0.29) is 5.41 Å². The molecule has 0 aliphatic carbocycles. The highest BCUT2D eigenvalue weighted by atomic mass is 32.1. The van der Waals surface area contributed by atoms with Crippen molar-refractivity contribution in [2.24, 2.45) is 0 Å². The molecule has 1 N–H and O–H groups in total. The van der Waals surface area contributed by atoms with E-state index in [1.807, 2.05) is 17.5 Å². The minimum Gasteiger partial charge on any atom is -0.316 e. The second kappa shape index (κ2) is 4.75.